The van der Waals surface area contributed by atoms with E-state index in [0.717, 1.165) is 6.26 Å². The van der Waals surface area contributed by atoms with E-state index in [0.29, 0.717) is 38.8 Å². The number of sulfonamides is 1. The topological polar surface area (TPSA) is 97.6 Å². The summed E-state index contributed by atoms with van der Waals surface area (Å²) in [7, 11) is -3.45. The first kappa shape index (κ1) is 19.1. The van der Waals surface area contributed by atoms with E-state index in [9.17, 15) is 18.3 Å². The summed E-state index contributed by atoms with van der Waals surface area (Å²) in [6.45, 7) is 1.50. The number of hydrogen-bond acceptors (Lipinski definition) is 4. The second kappa shape index (κ2) is 7.13. The monoisotopic (exact) mass is 408 g/mol. The van der Waals surface area contributed by atoms with Gasteiger partial charge in [-0.25, -0.2) is 8.42 Å². The minimum absolute atomic E-state index is 0.245. The fourth-order valence-corrected chi connectivity index (χ4v) is 3.50. The summed E-state index contributed by atoms with van der Waals surface area (Å²) < 4.78 is 33.0. The first-order valence-corrected chi connectivity index (χ1v) is 10.2. The number of halogens is 1. The number of ether oxygens (including phenoxy) is 1. The first-order chi connectivity index (χ1) is 12.6. The average Bonchev–Trinajstić information content (AvgIpc) is 2.80. The van der Waals surface area contributed by atoms with Crippen molar-refractivity contribution in [2.75, 3.05) is 11.0 Å². The third-order valence-corrected chi connectivity index (χ3v) is 4.75. The van der Waals surface area contributed by atoms with Gasteiger partial charge in [-0.2, -0.15) is 0 Å². The molecule has 9 heteroatoms. The molecule has 7 nitrogen and oxygen atoms in total. The van der Waals surface area contributed by atoms with Crippen molar-refractivity contribution in [2.24, 2.45) is 0 Å². The van der Waals surface area contributed by atoms with E-state index in [1.54, 1.807) is 54.0 Å². The Morgan fingerprint density at radius 2 is 1.89 bits per heavy atom. The predicted octanol–water partition coefficient (Wildman–Crippen LogP) is 3.85. The van der Waals surface area contributed by atoms with Crippen molar-refractivity contribution >= 4 is 44.2 Å². The normalized spacial score (nSPS) is 11.5. The molecule has 0 saturated carbocycles. The van der Waals surface area contributed by atoms with Gasteiger partial charge in [0.25, 0.3) is 0 Å². The number of carbonyl (C=O) groups is 1. The maximum Gasteiger partial charge on any atom is 0.323 e. The summed E-state index contributed by atoms with van der Waals surface area (Å²) in [5.41, 5.74) is 1.59. The zero-order valence-corrected chi connectivity index (χ0v) is 16.1. The van der Waals surface area contributed by atoms with Crippen LogP contribution in [0, 0.1) is 6.92 Å². The van der Waals surface area contributed by atoms with E-state index in [-0.39, 0.29) is 6.54 Å². The molecule has 0 radical (unpaired) electrons. The van der Waals surface area contributed by atoms with Crippen LogP contribution in [0.4, 0.5) is 5.69 Å². The Hall–Kier alpha value is -2.71. The number of hydrogen-bond donors (Lipinski definition) is 2. The van der Waals surface area contributed by atoms with Crippen LogP contribution in [0.3, 0.4) is 0 Å². The Morgan fingerprint density at radius 3 is 2.48 bits per heavy atom. The van der Waals surface area contributed by atoms with E-state index in [1.807, 2.05) is 0 Å². The van der Waals surface area contributed by atoms with Gasteiger partial charge in [-0.1, -0.05) is 11.6 Å². The van der Waals surface area contributed by atoms with Gasteiger partial charge in [0.15, 0.2) is 5.75 Å². The standard InChI is InChI=1S/C18H17ClN2O5S/c1-11-18(26-14-6-3-12(19)4-7-14)15-9-13(20-27(2,24)25)5-8-16(15)21(11)10-17(22)23/h3-9,20H,10H2,1-2H3,(H,22,23). The van der Waals surface area contributed by atoms with E-state index in [4.69, 9.17) is 16.3 Å². The van der Waals surface area contributed by atoms with Gasteiger partial charge < -0.3 is 14.4 Å². The van der Waals surface area contributed by atoms with E-state index in [2.05, 4.69) is 4.72 Å². The molecule has 0 aliphatic carbocycles. The molecule has 0 aliphatic rings. The van der Waals surface area contributed by atoms with Crippen molar-refractivity contribution in [1.82, 2.24) is 4.57 Å². The summed E-state index contributed by atoms with van der Waals surface area (Å²) >= 11 is 5.89. The van der Waals surface area contributed by atoms with Gasteiger partial charge in [0, 0.05) is 16.1 Å². The van der Waals surface area contributed by atoms with Crippen LogP contribution in [0.2, 0.25) is 5.02 Å². The lowest BCUT2D eigenvalue weighted by molar-refractivity contribution is -0.137. The largest absolute Gasteiger partial charge is 0.480 e. The molecular formula is C18H17ClN2O5S. The second-order valence-corrected chi connectivity index (χ2v) is 8.24. The molecule has 0 fully saturated rings. The van der Waals surface area contributed by atoms with Crippen LogP contribution in [0.15, 0.2) is 42.5 Å². The third kappa shape index (κ3) is 4.35. The summed E-state index contributed by atoms with van der Waals surface area (Å²) in [4.78, 5) is 11.3. The molecule has 1 heterocycles. The van der Waals surface area contributed by atoms with E-state index >= 15 is 0 Å². The zero-order valence-electron chi connectivity index (χ0n) is 14.6. The number of nitrogens with one attached hydrogen (secondary N) is 1. The smallest absolute Gasteiger partial charge is 0.323 e. The SMILES string of the molecule is Cc1c(Oc2ccc(Cl)cc2)c2cc(NS(C)(=O)=O)ccc2n1CC(=O)O. The Balaban J connectivity index is 2.15. The highest BCUT2D eigenvalue weighted by Gasteiger charge is 2.19. The molecular weight excluding hydrogens is 392 g/mol. The summed E-state index contributed by atoms with van der Waals surface area (Å²) in [6, 6.07) is 11.6. The van der Waals surface area contributed by atoms with Crippen LogP contribution < -0.4 is 9.46 Å². The highest BCUT2D eigenvalue weighted by Crippen LogP contribution is 2.37. The van der Waals surface area contributed by atoms with Crippen molar-refractivity contribution in [2.45, 2.75) is 13.5 Å². The molecule has 3 rings (SSSR count). The van der Waals surface area contributed by atoms with Crippen LogP contribution in [0.5, 0.6) is 11.5 Å². The van der Waals surface area contributed by atoms with Gasteiger partial charge in [-0.05, 0) is 49.4 Å². The van der Waals surface area contributed by atoms with Crippen LogP contribution >= 0.6 is 11.6 Å². The van der Waals surface area contributed by atoms with Crippen LogP contribution in [0.25, 0.3) is 10.9 Å². The molecule has 1 aromatic heterocycles. The number of carboxylic acid groups (broad SMARTS) is 1. The van der Waals surface area contributed by atoms with Gasteiger partial charge in [-0.3, -0.25) is 9.52 Å². The fraction of sp³-hybridized carbons (Fsp3) is 0.167. The summed E-state index contributed by atoms with van der Waals surface area (Å²) in [5.74, 6) is -0.0181. The quantitative estimate of drug-likeness (QED) is 0.645. The Bertz CT molecular complexity index is 1120. The lowest BCUT2D eigenvalue weighted by atomic mass is 10.2. The first-order valence-electron chi connectivity index (χ1n) is 7.90. The molecule has 2 aromatic carbocycles. The van der Waals surface area contributed by atoms with Crippen LogP contribution in [-0.2, 0) is 21.4 Å². The number of aliphatic carboxylic acids is 1. The molecule has 142 valence electrons. The zero-order chi connectivity index (χ0) is 19.8. The highest BCUT2D eigenvalue weighted by molar-refractivity contribution is 7.92. The minimum atomic E-state index is -3.45. The lowest BCUT2D eigenvalue weighted by Crippen LogP contribution is -2.10. The van der Waals surface area contributed by atoms with Gasteiger partial charge in [0.05, 0.1) is 17.5 Å². The maximum absolute atomic E-state index is 11.5. The summed E-state index contributed by atoms with van der Waals surface area (Å²) in [5, 5.41) is 10.4. The highest BCUT2D eigenvalue weighted by atomic mass is 35.5. The van der Waals surface area contributed by atoms with Crippen molar-refractivity contribution in [1.29, 1.82) is 0 Å². The van der Waals surface area contributed by atoms with Crippen molar-refractivity contribution in [3.63, 3.8) is 0 Å². The molecule has 0 spiro atoms. The molecule has 0 amide bonds. The number of nitrogens with zero attached hydrogens (tertiary/aromatic N) is 1. The third-order valence-electron chi connectivity index (χ3n) is 3.90. The molecule has 0 aliphatic heterocycles. The summed E-state index contributed by atoms with van der Waals surface area (Å²) in [6.07, 6.45) is 1.06. The fourth-order valence-electron chi connectivity index (χ4n) is 2.82. The number of anilines is 1. The molecule has 0 bridgehead atoms. The van der Waals surface area contributed by atoms with Crippen molar-refractivity contribution in [3.8, 4) is 11.5 Å². The molecule has 2 N–H and O–H groups in total. The minimum Gasteiger partial charge on any atom is -0.480 e. The second-order valence-electron chi connectivity index (χ2n) is 6.06. The van der Waals surface area contributed by atoms with Gasteiger partial charge in [0.1, 0.15) is 12.3 Å². The molecule has 0 saturated heterocycles. The Labute approximate surface area is 161 Å². The molecule has 27 heavy (non-hydrogen) atoms. The Kier molecular flexibility index (Phi) is 5.03. The Morgan fingerprint density at radius 1 is 1.22 bits per heavy atom. The molecule has 0 atom stereocenters. The van der Waals surface area contributed by atoms with Gasteiger partial charge >= 0.3 is 5.97 Å². The van der Waals surface area contributed by atoms with Gasteiger partial charge in [-0.15, -0.1) is 0 Å². The number of carboxylic acids is 1. The molecule has 3 aromatic rings. The maximum atomic E-state index is 11.5. The van der Waals surface area contributed by atoms with Crippen molar-refractivity contribution < 1.29 is 23.1 Å². The van der Waals surface area contributed by atoms with Crippen molar-refractivity contribution in [3.05, 3.63) is 53.2 Å². The average molecular weight is 409 g/mol. The number of aromatic nitrogens is 1. The predicted molar refractivity (Wildman–Crippen MR) is 104 cm³/mol. The van der Waals surface area contributed by atoms with Crippen LogP contribution in [0.1, 0.15) is 5.69 Å². The van der Waals surface area contributed by atoms with Crippen LogP contribution in [-0.4, -0.2) is 30.3 Å². The lowest BCUT2D eigenvalue weighted by Gasteiger charge is -2.07. The number of benzene rings is 2. The molecule has 0 unspecified atom stereocenters. The number of fused-ring (bicyclic) bond motifs is 1. The van der Waals surface area contributed by atoms with E-state index in [1.165, 1.54) is 0 Å². The number of rotatable bonds is 6. The van der Waals surface area contributed by atoms with E-state index < -0.39 is 16.0 Å². The van der Waals surface area contributed by atoms with Gasteiger partial charge in [0.2, 0.25) is 10.0 Å².